The first-order valence-corrected chi connectivity index (χ1v) is 7.61. The van der Waals surface area contributed by atoms with Gasteiger partial charge < -0.3 is 25.0 Å². The SMILES string of the molecule is CC(=O)c1ccc(OCC(O)CN(C)CCC#N)cc1.O=C(O)C(=O)O. The number of nitriles is 1. The number of ether oxygens (including phenoxy) is 1. The topological polar surface area (TPSA) is 148 Å². The molecule has 0 aliphatic carbocycles. The average molecular weight is 366 g/mol. The van der Waals surface area contributed by atoms with Crippen LogP contribution in [0.5, 0.6) is 5.75 Å². The van der Waals surface area contributed by atoms with Gasteiger partial charge in [0.15, 0.2) is 5.78 Å². The van der Waals surface area contributed by atoms with Crippen LogP contribution in [0.4, 0.5) is 0 Å². The van der Waals surface area contributed by atoms with E-state index in [9.17, 15) is 9.90 Å². The van der Waals surface area contributed by atoms with E-state index in [2.05, 4.69) is 6.07 Å². The fraction of sp³-hybridized carbons (Fsp3) is 0.412. The number of aliphatic hydroxyl groups is 1. The number of Topliss-reactive ketones (excluding diaryl/α,β-unsaturated/α-hetero) is 1. The van der Waals surface area contributed by atoms with Gasteiger partial charge >= 0.3 is 11.9 Å². The highest BCUT2D eigenvalue weighted by atomic mass is 16.5. The van der Waals surface area contributed by atoms with Crippen molar-refractivity contribution in [3.63, 3.8) is 0 Å². The second kappa shape index (κ2) is 12.4. The van der Waals surface area contributed by atoms with E-state index in [0.717, 1.165) is 0 Å². The molecule has 0 heterocycles. The molecule has 0 saturated heterocycles. The Hall–Kier alpha value is -2.96. The van der Waals surface area contributed by atoms with E-state index in [4.69, 9.17) is 29.8 Å². The number of nitrogens with zero attached hydrogens (tertiary/aromatic N) is 2. The van der Waals surface area contributed by atoms with Crippen LogP contribution in [-0.2, 0) is 9.59 Å². The number of hydrogen-bond acceptors (Lipinski definition) is 7. The molecule has 26 heavy (non-hydrogen) atoms. The fourth-order valence-electron chi connectivity index (χ4n) is 1.72. The largest absolute Gasteiger partial charge is 0.491 e. The Morgan fingerprint density at radius 1 is 1.19 bits per heavy atom. The van der Waals surface area contributed by atoms with Crippen LogP contribution in [0.1, 0.15) is 23.7 Å². The molecule has 0 aromatic heterocycles. The number of rotatable bonds is 8. The Morgan fingerprint density at radius 3 is 2.15 bits per heavy atom. The lowest BCUT2D eigenvalue weighted by atomic mass is 10.1. The predicted molar refractivity (Wildman–Crippen MR) is 90.9 cm³/mol. The third kappa shape index (κ3) is 10.7. The maximum Gasteiger partial charge on any atom is 0.414 e. The predicted octanol–water partition coefficient (Wildman–Crippen LogP) is 0.630. The van der Waals surface area contributed by atoms with E-state index in [1.807, 2.05) is 11.9 Å². The average Bonchev–Trinajstić information content (AvgIpc) is 2.59. The summed E-state index contributed by atoms with van der Waals surface area (Å²) in [6.45, 7) is 2.76. The molecule has 0 aliphatic heterocycles. The number of hydrogen-bond donors (Lipinski definition) is 3. The summed E-state index contributed by atoms with van der Waals surface area (Å²) in [4.78, 5) is 31.2. The summed E-state index contributed by atoms with van der Waals surface area (Å²) in [5.41, 5.74) is 0.633. The van der Waals surface area contributed by atoms with Crippen LogP contribution in [0.15, 0.2) is 24.3 Å². The zero-order valence-electron chi connectivity index (χ0n) is 14.6. The number of aliphatic hydroxyl groups excluding tert-OH is 1. The van der Waals surface area contributed by atoms with Crippen molar-refractivity contribution in [2.24, 2.45) is 0 Å². The van der Waals surface area contributed by atoms with Crippen LogP contribution in [0.2, 0.25) is 0 Å². The van der Waals surface area contributed by atoms with Gasteiger partial charge in [0.1, 0.15) is 18.5 Å². The molecule has 0 radical (unpaired) electrons. The molecule has 1 unspecified atom stereocenters. The van der Waals surface area contributed by atoms with Gasteiger partial charge in [-0.2, -0.15) is 5.26 Å². The summed E-state index contributed by atoms with van der Waals surface area (Å²) in [6, 6.07) is 8.88. The molecule has 0 aliphatic rings. The van der Waals surface area contributed by atoms with E-state index in [-0.39, 0.29) is 12.4 Å². The lowest BCUT2D eigenvalue weighted by molar-refractivity contribution is -0.159. The summed E-state index contributed by atoms with van der Waals surface area (Å²) in [6.07, 6.45) is -0.178. The van der Waals surface area contributed by atoms with Crippen LogP contribution in [0, 0.1) is 11.3 Å². The highest BCUT2D eigenvalue weighted by Crippen LogP contribution is 2.12. The van der Waals surface area contributed by atoms with Crippen molar-refractivity contribution < 1.29 is 34.4 Å². The molecule has 1 aromatic carbocycles. The van der Waals surface area contributed by atoms with E-state index < -0.39 is 18.0 Å². The molecular weight excluding hydrogens is 344 g/mol. The second-order valence-electron chi connectivity index (χ2n) is 5.33. The number of carboxylic acid groups (broad SMARTS) is 2. The fourth-order valence-corrected chi connectivity index (χ4v) is 1.72. The Labute approximate surface area is 151 Å². The minimum Gasteiger partial charge on any atom is -0.491 e. The van der Waals surface area contributed by atoms with Gasteiger partial charge in [0.25, 0.3) is 0 Å². The molecule has 1 aromatic rings. The van der Waals surface area contributed by atoms with E-state index >= 15 is 0 Å². The van der Waals surface area contributed by atoms with E-state index in [1.54, 1.807) is 24.3 Å². The molecule has 0 amide bonds. The van der Waals surface area contributed by atoms with Gasteiger partial charge in [-0.15, -0.1) is 0 Å². The molecule has 9 heteroatoms. The lowest BCUT2D eigenvalue weighted by Crippen LogP contribution is -2.33. The summed E-state index contributed by atoms with van der Waals surface area (Å²) < 4.78 is 5.45. The maximum atomic E-state index is 11.1. The molecule has 0 saturated carbocycles. The maximum absolute atomic E-state index is 11.1. The number of benzene rings is 1. The summed E-state index contributed by atoms with van der Waals surface area (Å²) in [5.74, 6) is -3.02. The van der Waals surface area contributed by atoms with Crippen molar-refractivity contribution in [3.8, 4) is 11.8 Å². The van der Waals surface area contributed by atoms with Gasteiger partial charge in [-0.25, -0.2) is 9.59 Å². The van der Waals surface area contributed by atoms with Crippen molar-refractivity contribution in [2.75, 3.05) is 26.7 Å². The number of carboxylic acids is 2. The minimum absolute atomic E-state index is 0.00991. The molecule has 1 rings (SSSR count). The first kappa shape index (κ1) is 23.0. The van der Waals surface area contributed by atoms with Gasteiger partial charge in [-0.3, -0.25) is 4.79 Å². The van der Waals surface area contributed by atoms with Gasteiger partial charge in [0.2, 0.25) is 0 Å². The van der Waals surface area contributed by atoms with Gasteiger partial charge in [0.05, 0.1) is 6.07 Å². The van der Waals surface area contributed by atoms with Crippen LogP contribution >= 0.6 is 0 Å². The Bertz CT molecular complexity index is 626. The second-order valence-corrected chi connectivity index (χ2v) is 5.33. The molecule has 142 valence electrons. The zero-order chi connectivity index (χ0) is 20.1. The molecule has 9 nitrogen and oxygen atoms in total. The molecule has 0 bridgehead atoms. The number of ketones is 1. The van der Waals surface area contributed by atoms with Gasteiger partial charge in [0, 0.05) is 25.1 Å². The van der Waals surface area contributed by atoms with Crippen LogP contribution in [0.25, 0.3) is 0 Å². The van der Waals surface area contributed by atoms with E-state index in [0.29, 0.717) is 30.8 Å². The third-order valence-electron chi connectivity index (χ3n) is 3.01. The molecule has 3 N–H and O–H groups in total. The Morgan fingerprint density at radius 2 is 1.73 bits per heavy atom. The smallest absolute Gasteiger partial charge is 0.414 e. The van der Waals surface area contributed by atoms with E-state index in [1.165, 1.54) is 6.92 Å². The van der Waals surface area contributed by atoms with Crippen molar-refractivity contribution >= 4 is 17.7 Å². The van der Waals surface area contributed by atoms with Crippen molar-refractivity contribution in [2.45, 2.75) is 19.4 Å². The van der Waals surface area contributed by atoms with Crippen LogP contribution in [-0.4, -0.2) is 70.8 Å². The monoisotopic (exact) mass is 366 g/mol. The first-order chi connectivity index (χ1) is 12.2. The number of aliphatic carboxylic acids is 2. The van der Waals surface area contributed by atoms with Crippen LogP contribution in [0.3, 0.4) is 0 Å². The lowest BCUT2D eigenvalue weighted by Gasteiger charge is -2.19. The van der Waals surface area contributed by atoms with Crippen molar-refractivity contribution in [1.82, 2.24) is 4.90 Å². The van der Waals surface area contributed by atoms with Crippen molar-refractivity contribution in [1.29, 1.82) is 5.26 Å². The molecular formula is C17H22N2O7. The molecule has 0 spiro atoms. The Balaban J connectivity index is 0.000000896. The zero-order valence-corrected chi connectivity index (χ0v) is 14.6. The highest BCUT2D eigenvalue weighted by molar-refractivity contribution is 6.27. The highest BCUT2D eigenvalue weighted by Gasteiger charge is 2.09. The third-order valence-corrected chi connectivity index (χ3v) is 3.01. The summed E-state index contributed by atoms with van der Waals surface area (Å²) >= 11 is 0. The number of carbonyl (C=O) groups is 3. The number of likely N-dealkylation sites (N-methyl/N-ethyl adjacent to an activating group) is 1. The van der Waals surface area contributed by atoms with Gasteiger partial charge in [-0.1, -0.05) is 0 Å². The molecule has 1 atom stereocenters. The van der Waals surface area contributed by atoms with Crippen molar-refractivity contribution in [3.05, 3.63) is 29.8 Å². The minimum atomic E-state index is -1.82. The summed E-state index contributed by atoms with van der Waals surface area (Å²) in [7, 11) is 1.85. The Kier molecular flexibility index (Phi) is 11.0. The standard InChI is InChI=1S/C15H20N2O3.C2H2O4/c1-12(18)13-4-6-15(7-5-13)20-11-14(19)10-17(2)9-3-8-16;3-1(4)2(5)6/h4-7,14,19H,3,9-11H2,1-2H3;(H,3,4)(H,5,6). The number of carbonyl (C=O) groups excluding carboxylic acids is 1. The first-order valence-electron chi connectivity index (χ1n) is 7.61. The quantitative estimate of drug-likeness (QED) is 0.445. The summed E-state index contributed by atoms with van der Waals surface area (Å²) in [5, 5.41) is 33.1. The normalized spacial score (nSPS) is 10.9. The molecule has 0 fully saturated rings. The van der Waals surface area contributed by atoms with Crippen LogP contribution < -0.4 is 4.74 Å². The van der Waals surface area contributed by atoms with Gasteiger partial charge in [-0.05, 0) is 38.2 Å².